The first-order valence-corrected chi connectivity index (χ1v) is 7.60. The predicted octanol–water partition coefficient (Wildman–Crippen LogP) is 5.50. The molecule has 1 N–H and O–H groups in total. The number of halogens is 2. The Kier molecular flexibility index (Phi) is 7.64. The molecule has 0 amide bonds. The van der Waals surface area contributed by atoms with Gasteiger partial charge in [0.25, 0.3) is 0 Å². The molecule has 1 aromatic carbocycles. The van der Waals surface area contributed by atoms with Crippen LogP contribution in [0.15, 0.2) is 35.3 Å². The van der Waals surface area contributed by atoms with Crippen LogP contribution in [0.1, 0.15) is 43.7 Å². The number of hydrogen-bond donors (Lipinski definition) is 1. The van der Waals surface area contributed by atoms with Crippen LogP contribution >= 0.6 is 27.5 Å². The third-order valence-corrected chi connectivity index (χ3v) is 4.42. The van der Waals surface area contributed by atoms with Crippen molar-refractivity contribution in [2.24, 2.45) is 0 Å². The third kappa shape index (κ3) is 4.75. The number of allylic oxidation sites excluding steroid dienone is 1. The van der Waals surface area contributed by atoms with E-state index in [0.717, 1.165) is 22.3 Å². The van der Waals surface area contributed by atoms with E-state index in [0.29, 0.717) is 6.04 Å². The number of benzene rings is 1. The highest BCUT2D eigenvalue weighted by atomic mass is 79.9. The maximum atomic E-state index is 6.33. The monoisotopic (exact) mass is 329 g/mol. The molecular formula is C15H21BrClN. The number of unbranched alkanes of at least 4 members (excludes halogenated alkanes) is 3. The van der Waals surface area contributed by atoms with Crippen LogP contribution < -0.4 is 5.32 Å². The molecule has 1 rings (SSSR count). The fourth-order valence-corrected chi connectivity index (χ4v) is 2.70. The Balaban J connectivity index is 2.55. The van der Waals surface area contributed by atoms with Gasteiger partial charge in [0, 0.05) is 10.5 Å². The van der Waals surface area contributed by atoms with Gasteiger partial charge in [-0.05, 0) is 53.9 Å². The Morgan fingerprint density at radius 1 is 1.39 bits per heavy atom. The standard InChI is InChI=1S/C15H21BrClN/c1-3-4-5-6-7-11-14(18-2)12-9-8-10-13(16)15(12)17/h3,8-10,14,18H,1,4-7,11H2,2H3. The maximum Gasteiger partial charge on any atom is 0.0595 e. The Labute approximate surface area is 124 Å². The molecule has 0 fully saturated rings. The summed E-state index contributed by atoms with van der Waals surface area (Å²) in [5, 5.41) is 4.17. The molecule has 0 saturated heterocycles. The second kappa shape index (κ2) is 8.73. The summed E-state index contributed by atoms with van der Waals surface area (Å²) in [7, 11) is 1.99. The first-order chi connectivity index (χ1) is 8.70. The van der Waals surface area contributed by atoms with Gasteiger partial charge in [0.1, 0.15) is 0 Å². The van der Waals surface area contributed by atoms with Crippen molar-refractivity contribution >= 4 is 27.5 Å². The predicted molar refractivity (Wildman–Crippen MR) is 84.2 cm³/mol. The highest BCUT2D eigenvalue weighted by Crippen LogP contribution is 2.32. The minimum atomic E-state index is 0.332. The summed E-state index contributed by atoms with van der Waals surface area (Å²) in [4.78, 5) is 0. The Hall–Kier alpha value is -0.310. The summed E-state index contributed by atoms with van der Waals surface area (Å²) in [5.74, 6) is 0. The van der Waals surface area contributed by atoms with Crippen LogP contribution in [-0.2, 0) is 0 Å². The molecule has 3 heteroatoms. The fourth-order valence-electron chi connectivity index (χ4n) is 2.06. The van der Waals surface area contributed by atoms with Crippen molar-refractivity contribution in [1.29, 1.82) is 0 Å². The van der Waals surface area contributed by atoms with Crippen LogP contribution in [-0.4, -0.2) is 7.05 Å². The van der Waals surface area contributed by atoms with Gasteiger partial charge in [-0.25, -0.2) is 0 Å². The lowest BCUT2D eigenvalue weighted by Crippen LogP contribution is -2.16. The molecule has 0 radical (unpaired) electrons. The van der Waals surface area contributed by atoms with E-state index in [4.69, 9.17) is 11.6 Å². The lowest BCUT2D eigenvalue weighted by atomic mass is 10.00. The molecule has 1 aromatic rings. The van der Waals surface area contributed by atoms with Crippen molar-refractivity contribution < 1.29 is 0 Å². The lowest BCUT2D eigenvalue weighted by molar-refractivity contribution is 0.508. The van der Waals surface area contributed by atoms with Crippen LogP contribution in [0.3, 0.4) is 0 Å². The highest BCUT2D eigenvalue weighted by Gasteiger charge is 2.13. The summed E-state index contributed by atoms with van der Waals surface area (Å²) >= 11 is 9.80. The van der Waals surface area contributed by atoms with Crippen molar-refractivity contribution in [2.75, 3.05) is 7.05 Å². The zero-order valence-electron chi connectivity index (χ0n) is 10.9. The Morgan fingerprint density at radius 2 is 2.17 bits per heavy atom. The van der Waals surface area contributed by atoms with Crippen LogP contribution in [0.2, 0.25) is 5.02 Å². The van der Waals surface area contributed by atoms with Crippen LogP contribution in [0.5, 0.6) is 0 Å². The average molecular weight is 331 g/mol. The van der Waals surface area contributed by atoms with Crippen molar-refractivity contribution in [3.05, 3.63) is 45.9 Å². The van der Waals surface area contributed by atoms with Crippen LogP contribution in [0, 0.1) is 0 Å². The average Bonchev–Trinajstić information content (AvgIpc) is 2.38. The highest BCUT2D eigenvalue weighted by molar-refractivity contribution is 9.10. The van der Waals surface area contributed by atoms with Crippen molar-refractivity contribution in [2.45, 2.75) is 38.1 Å². The first kappa shape index (κ1) is 15.7. The molecule has 0 spiro atoms. The zero-order chi connectivity index (χ0) is 13.4. The molecule has 0 saturated carbocycles. The van der Waals surface area contributed by atoms with Gasteiger partial charge >= 0.3 is 0 Å². The molecule has 0 aliphatic carbocycles. The molecule has 0 aliphatic rings. The SMILES string of the molecule is C=CCCCCCC(NC)c1cccc(Br)c1Cl. The van der Waals surface area contributed by atoms with E-state index in [-0.39, 0.29) is 0 Å². The third-order valence-electron chi connectivity index (χ3n) is 3.11. The van der Waals surface area contributed by atoms with Gasteiger partial charge in [-0.1, -0.05) is 42.7 Å². The molecule has 1 unspecified atom stereocenters. The molecule has 1 atom stereocenters. The van der Waals surface area contributed by atoms with Gasteiger partial charge in [-0.15, -0.1) is 6.58 Å². The van der Waals surface area contributed by atoms with E-state index in [1.165, 1.54) is 24.8 Å². The Bertz CT molecular complexity index is 379. The van der Waals surface area contributed by atoms with E-state index >= 15 is 0 Å². The van der Waals surface area contributed by atoms with Crippen LogP contribution in [0.25, 0.3) is 0 Å². The molecule has 0 aliphatic heterocycles. The summed E-state index contributed by atoms with van der Waals surface area (Å²) < 4.78 is 0.966. The number of nitrogens with one attached hydrogen (secondary N) is 1. The van der Waals surface area contributed by atoms with E-state index in [9.17, 15) is 0 Å². The van der Waals surface area contributed by atoms with Gasteiger partial charge in [0.15, 0.2) is 0 Å². The minimum Gasteiger partial charge on any atom is -0.313 e. The minimum absolute atomic E-state index is 0.332. The van der Waals surface area contributed by atoms with E-state index in [2.05, 4.69) is 33.9 Å². The largest absolute Gasteiger partial charge is 0.313 e. The molecule has 18 heavy (non-hydrogen) atoms. The summed E-state index contributed by atoms with van der Waals surface area (Å²) in [6.45, 7) is 3.74. The molecule has 1 nitrogen and oxygen atoms in total. The summed E-state index contributed by atoms with van der Waals surface area (Å²) in [6.07, 6.45) is 7.90. The lowest BCUT2D eigenvalue weighted by Gasteiger charge is -2.18. The molecular weight excluding hydrogens is 310 g/mol. The molecule has 0 heterocycles. The topological polar surface area (TPSA) is 12.0 Å². The van der Waals surface area contributed by atoms with E-state index < -0.39 is 0 Å². The van der Waals surface area contributed by atoms with Crippen molar-refractivity contribution in [1.82, 2.24) is 5.32 Å². The van der Waals surface area contributed by atoms with Crippen molar-refractivity contribution in [3.8, 4) is 0 Å². The normalized spacial score (nSPS) is 12.4. The molecule has 0 bridgehead atoms. The van der Waals surface area contributed by atoms with Crippen molar-refractivity contribution in [3.63, 3.8) is 0 Å². The van der Waals surface area contributed by atoms with Gasteiger partial charge < -0.3 is 5.32 Å². The second-order valence-electron chi connectivity index (χ2n) is 4.41. The van der Waals surface area contributed by atoms with E-state index in [1.54, 1.807) is 0 Å². The Morgan fingerprint density at radius 3 is 2.83 bits per heavy atom. The first-order valence-electron chi connectivity index (χ1n) is 6.42. The quantitative estimate of drug-likeness (QED) is 0.490. The van der Waals surface area contributed by atoms with E-state index in [1.807, 2.05) is 25.3 Å². The maximum absolute atomic E-state index is 6.33. The number of rotatable bonds is 8. The summed E-state index contributed by atoms with van der Waals surface area (Å²) in [6, 6.07) is 6.44. The van der Waals surface area contributed by atoms with Crippen LogP contribution in [0.4, 0.5) is 0 Å². The van der Waals surface area contributed by atoms with Gasteiger partial charge in [0.05, 0.1) is 5.02 Å². The fraction of sp³-hybridized carbons (Fsp3) is 0.467. The molecule has 0 aromatic heterocycles. The molecule has 100 valence electrons. The van der Waals surface area contributed by atoms with Gasteiger partial charge in [-0.2, -0.15) is 0 Å². The smallest absolute Gasteiger partial charge is 0.0595 e. The number of hydrogen-bond acceptors (Lipinski definition) is 1. The zero-order valence-corrected chi connectivity index (χ0v) is 13.2. The van der Waals surface area contributed by atoms with Gasteiger partial charge in [-0.3, -0.25) is 0 Å². The summed E-state index contributed by atoms with van der Waals surface area (Å²) in [5.41, 5.74) is 1.18. The van der Waals surface area contributed by atoms with Gasteiger partial charge in [0.2, 0.25) is 0 Å². The second-order valence-corrected chi connectivity index (χ2v) is 5.64.